The molecule has 0 radical (unpaired) electrons. The van der Waals surface area contributed by atoms with E-state index in [1.165, 1.54) is 16.8 Å². The minimum Gasteiger partial charge on any atom is -0.493 e. The van der Waals surface area contributed by atoms with Gasteiger partial charge in [0.25, 0.3) is 0 Å². The molecule has 0 N–H and O–H groups in total. The first-order chi connectivity index (χ1) is 16.7. The Labute approximate surface area is 200 Å². The molecule has 0 bridgehead atoms. The molecule has 0 saturated carbocycles. The lowest BCUT2D eigenvalue weighted by Crippen LogP contribution is -2.30. The van der Waals surface area contributed by atoms with Gasteiger partial charge in [-0.25, -0.2) is 0 Å². The minimum absolute atomic E-state index is 0.539. The molecule has 0 amide bonds. The van der Waals surface area contributed by atoms with Crippen LogP contribution in [0.1, 0.15) is 22.3 Å². The van der Waals surface area contributed by atoms with Gasteiger partial charge >= 0.3 is 0 Å². The number of ether oxygens (including phenoxy) is 4. The van der Waals surface area contributed by atoms with Crippen LogP contribution in [0, 0.1) is 0 Å². The molecule has 0 aromatic heterocycles. The zero-order chi connectivity index (χ0) is 23.5. The molecule has 0 aliphatic carbocycles. The standard InChI is InChI=1S/C28H28N2O4/c1-31-25-16-19(17-26(32-2)27(25)33-3)12-15-34-22-10-8-20(9-11-22)24-18-21-6-4-5-7-23(21)28-29-13-14-30(24)28/h4-11,16-18H,12-15H2,1-3H3. The average molecular weight is 457 g/mol. The van der Waals surface area contributed by atoms with Crippen LogP contribution in [0.3, 0.4) is 0 Å². The van der Waals surface area contributed by atoms with Gasteiger partial charge in [0.2, 0.25) is 5.75 Å². The van der Waals surface area contributed by atoms with Gasteiger partial charge < -0.3 is 23.8 Å². The predicted molar refractivity (Wildman–Crippen MR) is 134 cm³/mol. The van der Waals surface area contributed by atoms with E-state index in [0.717, 1.165) is 35.8 Å². The SMILES string of the molecule is COc1cc(CCOc2ccc(C3=Cc4ccccc4C4=NCCN34)cc2)cc(OC)c1OC. The fourth-order valence-corrected chi connectivity index (χ4v) is 4.49. The fourth-order valence-electron chi connectivity index (χ4n) is 4.49. The fraction of sp³-hybridized carbons (Fsp3) is 0.250. The van der Waals surface area contributed by atoms with E-state index in [-0.39, 0.29) is 0 Å². The van der Waals surface area contributed by atoms with Gasteiger partial charge in [0.05, 0.1) is 40.2 Å². The second-order valence-electron chi connectivity index (χ2n) is 8.13. The third-order valence-corrected chi connectivity index (χ3v) is 6.16. The van der Waals surface area contributed by atoms with E-state index in [1.807, 2.05) is 24.3 Å². The van der Waals surface area contributed by atoms with Gasteiger partial charge in [-0.2, -0.15) is 0 Å². The second kappa shape index (κ2) is 9.51. The van der Waals surface area contributed by atoms with Gasteiger partial charge in [-0.1, -0.05) is 24.3 Å². The Kier molecular flexibility index (Phi) is 6.12. The molecule has 5 rings (SSSR count). The summed E-state index contributed by atoms with van der Waals surface area (Å²) in [7, 11) is 4.85. The number of hydrogen-bond donors (Lipinski definition) is 0. The Morgan fingerprint density at radius 3 is 2.32 bits per heavy atom. The van der Waals surface area contributed by atoms with Crippen LogP contribution in [-0.4, -0.2) is 51.8 Å². The molecule has 2 aliphatic rings. The molecule has 174 valence electrons. The molecule has 2 aliphatic heterocycles. The normalized spacial score (nSPS) is 14.0. The molecule has 3 aromatic carbocycles. The van der Waals surface area contributed by atoms with Crippen LogP contribution in [0.5, 0.6) is 23.0 Å². The summed E-state index contributed by atoms with van der Waals surface area (Å²) >= 11 is 0. The molecule has 3 aromatic rings. The Morgan fingerprint density at radius 1 is 0.882 bits per heavy atom. The van der Waals surface area contributed by atoms with Crippen LogP contribution < -0.4 is 18.9 Å². The first-order valence-corrected chi connectivity index (χ1v) is 11.4. The molecule has 0 unspecified atom stereocenters. The summed E-state index contributed by atoms with van der Waals surface area (Å²) < 4.78 is 22.3. The quantitative estimate of drug-likeness (QED) is 0.482. The third kappa shape index (κ3) is 4.07. The maximum absolute atomic E-state index is 6.03. The van der Waals surface area contributed by atoms with E-state index in [4.69, 9.17) is 23.9 Å². The van der Waals surface area contributed by atoms with E-state index in [2.05, 4.69) is 47.4 Å². The predicted octanol–water partition coefficient (Wildman–Crippen LogP) is 4.91. The van der Waals surface area contributed by atoms with Crippen LogP contribution in [-0.2, 0) is 6.42 Å². The number of fused-ring (bicyclic) bond motifs is 3. The van der Waals surface area contributed by atoms with Gasteiger partial charge in [-0.3, -0.25) is 4.99 Å². The van der Waals surface area contributed by atoms with Crippen molar-refractivity contribution in [3.8, 4) is 23.0 Å². The molecule has 6 heteroatoms. The Balaban J connectivity index is 1.28. The van der Waals surface area contributed by atoms with Crippen LogP contribution in [0.2, 0.25) is 0 Å². The lowest BCUT2D eigenvalue weighted by atomic mass is 9.97. The van der Waals surface area contributed by atoms with Crippen molar-refractivity contribution in [2.24, 2.45) is 4.99 Å². The second-order valence-corrected chi connectivity index (χ2v) is 8.13. The summed E-state index contributed by atoms with van der Waals surface area (Å²) in [6, 6.07) is 20.6. The lowest BCUT2D eigenvalue weighted by Gasteiger charge is -2.29. The van der Waals surface area contributed by atoms with Gasteiger partial charge in [0, 0.05) is 18.5 Å². The number of benzene rings is 3. The smallest absolute Gasteiger partial charge is 0.203 e. The van der Waals surface area contributed by atoms with Gasteiger partial charge in [-0.15, -0.1) is 0 Å². The first kappa shape index (κ1) is 21.9. The maximum atomic E-state index is 6.03. The molecular weight excluding hydrogens is 428 g/mol. The molecule has 2 heterocycles. The van der Waals surface area contributed by atoms with E-state index in [0.29, 0.717) is 30.3 Å². The first-order valence-electron chi connectivity index (χ1n) is 11.4. The van der Waals surface area contributed by atoms with E-state index < -0.39 is 0 Å². The number of aliphatic imine (C=N–C) groups is 1. The molecule has 6 nitrogen and oxygen atoms in total. The number of rotatable bonds is 8. The Bertz CT molecular complexity index is 1220. The lowest BCUT2D eigenvalue weighted by molar-refractivity contribution is 0.315. The van der Waals surface area contributed by atoms with Crippen molar-refractivity contribution in [2.75, 3.05) is 41.0 Å². The number of amidine groups is 1. The summed E-state index contributed by atoms with van der Waals surface area (Å²) in [5.41, 5.74) is 5.80. The largest absolute Gasteiger partial charge is 0.493 e. The van der Waals surface area contributed by atoms with Crippen molar-refractivity contribution in [2.45, 2.75) is 6.42 Å². The van der Waals surface area contributed by atoms with Crippen LogP contribution in [0.4, 0.5) is 0 Å². The Hall–Kier alpha value is -3.93. The third-order valence-electron chi connectivity index (χ3n) is 6.16. The summed E-state index contributed by atoms with van der Waals surface area (Å²) in [5, 5.41) is 0. The van der Waals surface area contributed by atoms with Gasteiger partial charge in [-0.05, 0) is 59.2 Å². The Morgan fingerprint density at radius 2 is 1.62 bits per heavy atom. The van der Waals surface area contributed by atoms with Crippen LogP contribution in [0.25, 0.3) is 11.8 Å². The summed E-state index contributed by atoms with van der Waals surface area (Å²) in [4.78, 5) is 7.06. The van der Waals surface area contributed by atoms with Crippen molar-refractivity contribution in [3.63, 3.8) is 0 Å². The molecular formula is C28H28N2O4. The molecule has 0 atom stereocenters. The van der Waals surface area contributed by atoms with Crippen molar-refractivity contribution in [3.05, 3.63) is 82.9 Å². The van der Waals surface area contributed by atoms with Crippen LogP contribution >= 0.6 is 0 Å². The highest BCUT2D eigenvalue weighted by molar-refractivity contribution is 6.12. The molecule has 0 saturated heterocycles. The van der Waals surface area contributed by atoms with Crippen molar-refractivity contribution in [1.29, 1.82) is 0 Å². The average Bonchev–Trinajstić information content (AvgIpc) is 3.38. The molecule has 34 heavy (non-hydrogen) atoms. The zero-order valence-electron chi connectivity index (χ0n) is 19.7. The van der Waals surface area contributed by atoms with Gasteiger partial charge in [0.1, 0.15) is 11.6 Å². The highest BCUT2D eigenvalue weighted by atomic mass is 16.5. The van der Waals surface area contributed by atoms with Crippen LogP contribution in [0.15, 0.2) is 65.7 Å². The number of hydrogen-bond acceptors (Lipinski definition) is 6. The van der Waals surface area contributed by atoms with E-state index >= 15 is 0 Å². The zero-order valence-corrected chi connectivity index (χ0v) is 19.7. The monoisotopic (exact) mass is 456 g/mol. The van der Waals surface area contributed by atoms with Crippen molar-refractivity contribution in [1.82, 2.24) is 4.90 Å². The summed E-state index contributed by atoms with van der Waals surface area (Å²) in [6.07, 6.45) is 2.97. The molecule has 0 spiro atoms. The van der Waals surface area contributed by atoms with Crippen molar-refractivity contribution < 1.29 is 18.9 Å². The highest BCUT2D eigenvalue weighted by Gasteiger charge is 2.28. The van der Waals surface area contributed by atoms with Crippen molar-refractivity contribution >= 4 is 17.6 Å². The topological polar surface area (TPSA) is 52.5 Å². The van der Waals surface area contributed by atoms with E-state index in [1.54, 1.807) is 21.3 Å². The maximum Gasteiger partial charge on any atom is 0.203 e. The summed E-state index contributed by atoms with van der Waals surface area (Å²) in [5.74, 6) is 3.79. The number of methoxy groups -OCH3 is 3. The molecule has 0 fully saturated rings. The summed E-state index contributed by atoms with van der Waals surface area (Å²) in [6.45, 7) is 2.27. The van der Waals surface area contributed by atoms with Gasteiger partial charge in [0.15, 0.2) is 11.5 Å². The van der Waals surface area contributed by atoms with E-state index in [9.17, 15) is 0 Å². The number of nitrogens with zero attached hydrogens (tertiary/aromatic N) is 2. The highest BCUT2D eigenvalue weighted by Crippen LogP contribution is 2.38. The minimum atomic E-state index is 0.539.